The van der Waals surface area contributed by atoms with Crippen LogP contribution in [0.3, 0.4) is 0 Å². The molecule has 2 amide bonds. The summed E-state index contributed by atoms with van der Waals surface area (Å²) in [6, 6.07) is 6.79. The van der Waals surface area contributed by atoms with E-state index in [1.165, 1.54) is 5.01 Å². The molecule has 2 aliphatic rings. The van der Waals surface area contributed by atoms with Gasteiger partial charge in [-0.1, -0.05) is 13.0 Å². The number of anilines is 1. The summed E-state index contributed by atoms with van der Waals surface area (Å²) >= 11 is 0. The molecular weight excluding hydrogens is 344 g/mol. The van der Waals surface area contributed by atoms with E-state index in [2.05, 4.69) is 22.4 Å². The number of carbonyl (C=O) groups is 2. The van der Waals surface area contributed by atoms with Crippen molar-refractivity contribution in [2.75, 3.05) is 31.7 Å². The van der Waals surface area contributed by atoms with Crippen molar-refractivity contribution in [3.63, 3.8) is 0 Å². The highest BCUT2D eigenvalue weighted by Crippen LogP contribution is 2.29. The second-order valence-corrected chi connectivity index (χ2v) is 7.52. The van der Waals surface area contributed by atoms with E-state index < -0.39 is 11.5 Å². The number of benzene rings is 1. The van der Waals surface area contributed by atoms with Crippen LogP contribution in [0.5, 0.6) is 0 Å². The zero-order valence-corrected chi connectivity index (χ0v) is 16.2. The van der Waals surface area contributed by atoms with E-state index in [0.29, 0.717) is 29.4 Å². The zero-order valence-electron chi connectivity index (χ0n) is 16.2. The van der Waals surface area contributed by atoms with Gasteiger partial charge in [-0.3, -0.25) is 9.59 Å². The highest BCUT2D eigenvalue weighted by atomic mass is 16.3. The van der Waals surface area contributed by atoms with Crippen LogP contribution in [0.4, 0.5) is 5.69 Å². The van der Waals surface area contributed by atoms with Gasteiger partial charge in [0, 0.05) is 12.1 Å². The van der Waals surface area contributed by atoms with Crippen molar-refractivity contribution < 1.29 is 14.7 Å². The number of rotatable bonds is 5. The minimum Gasteiger partial charge on any atom is -0.374 e. The highest BCUT2D eigenvalue weighted by Gasteiger charge is 2.46. The SMILES string of the molecule is CCC1(O)C(=O)N(c2cccc(C(=O)NCC3CCN(C)CC3)c2)N=C1C. The number of nitrogens with one attached hydrogen (secondary N) is 1. The maximum absolute atomic E-state index is 12.6. The summed E-state index contributed by atoms with van der Waals surface area (Å²) < 4.78 is 0. The third kappa shape index (κ3) is 3.89. The van der Waals surface area contributed by atoms with E-state index in [-0.39, 0.29) is 12.3 Å². The monoisotopic (exact) mass is 372 g/mol. The molecule has 1 saturated heterocycles. The molecule has 1 aromatic carbocycles. The van der Waals surface area contributed by atoms with Crippen molar-refractivity contribution in [1.29, 1.82) is 0 Å². The molecular formula is C20H28N4O3. The molecule has 1 atom stereocenters. The average molecular weight is 372 g/mol. The first-order valence-corrected chi connectivity index (χ1v) is 9.54. The van der Waals surface area contributed by atoms with E-state index in [4.69, 9.17) is 0 Å². The summed E-state index contributed by atoms with van der Waals surface area (Å²) in [4.78, 5) is 27.4. The Morgan fingerprint density at radius 3 is 2.70 bits per heavy atom. The topological polar surface area (TPSA) is 85.2 Å². The van der Waals surface area contributed by atoms with Gasteiger partial charge in [0.15, 0.2) is 5.60 Å². The van der Waals surface area contributed by atoms with Crippen LogP contribution in [0.25, 0.3) is 0 Å². The molecule has 0 spiro atoms. The normalized spacial score (nSPS) is 24.2. The van der Waals surface area contributed by atoms with Gasteiger partial charge in [0.1, 0.15) is 0 Å². The third-order valence-electron chi connectivity index (χ3n) is 5.65. The Morgan fingerprint density at radius 2 is 2.07 bits per heavy atom. The molecule has 1 fully saturated rings. The Bertz CT molecular complexity index is 755. The van der Waals surface area contributed by atoms with Crippen LogP contribution in [0.1, 0.15) is 43.5 Å². The first kappa shape index (κ1) is 19.5. The van der Waals surface area contributed by atoms with Gasteiger partial charge in [-0.25, -0.2) is 0 Å². The van der Waals surface area contributed by atoms with Gasteiger partial charge >= 0.3 is 0 Å². The first-order valence-electron chi connectivity index (χ1n) is 9.54. The maximum Gasteiger partial charge on any atom is 0.285 e. The van der Waals surface area contributed by atoms with Gasteiger partial charge in [0.2, 0.25) is 0 Å². The molecule has 2 N–H and O–H groups in total. The van der Waals surface area contributed by atoms with Crippen LogP contribution in [0, 0.1) is 5.92 Å². The Hall–Kier alpha value is -2.25. The standard InChI is InChI=1S/C20H28N4O3/c1-4-20(27)14(2)22-24(19(20)26)17-7-5-6-16(12-17)18(25)21-13-15-8-10-23(3)11-9-15/h5-7,12,15,27H,4,8-11,13H2,1-3H3,(H,21,25). The van der Waals surface area contributed by atoms with Gasteiger partial charge in [-0.2, -0.15) is 10.1 Å². The van der Waals surface area contributed by atoms with Crippen molar-refractivity contribution in [1.82, 2.24) is 10.2 Å². The molecule has 0 aliphatic carbocycles. The molecule has 2 heterocycles. The average Bonchev–Trinajstić information content (AvgIpc) is 2.92. The summed E-state index contributed by atoms with van der Waals surface area (Å²) in [7, 11) is 2.11. The zero-order chi connectivity index (χ0) is 19.6. The van der Waals surface area contributed by atoms with E-state index in [9.17, 15) is 14.7 Å². The minimum atomic E-state index is -1.56. The molecule has 7 heteroatoms. The highest BCUT2D eigenvalue weighted by molar-refractivity contribution is 6.21. The largest absolute Gasteiger partial charge is 0.374 e. The Labute approximate surface area is 160 Å². The van der Waals surface area contributed by atoms with Gasteiger partial charge in [-0.05, 0) is 70.4 Å². The number of hydrogen-bond acceptors (Lipinski definition) is 5. The smallest absolute Gasteiger partial charge is 0.285 e. The predicted octanol–water partition coefficient (Wildman–Crippen LogP) is 1.62. The molecule has 0 radical (unpaired) electrons. The lowest BCUT2D eigenvalue weighted by molar-refractivity contribution is -0.129. The van der Waals surface area contributed by atoms with E-state index in [1.54, 1.807) is 38.1 Å². The number of piperidine rings is 1. The fourth-order valence-electron chi connectivity index (χ4n) is 3.57. The molecule has 146 valence electrons. The quantitative estimate of drug-likeness (QED) is 0.823. The Balaban J connectivity index is 1.67. The second kappa shape index (κ2) is 7.78. The van der Waals surface area contributed by atoms with E-state index >= 15 is 0 Å². The fraction of sp³-hybridized carbons (Fsp3) is 0.550. The van der Waals surface area contributed by atoms with Crippen molar-refractivity contribution in [3.05, 3.63) is 29.8 Å². The Morgan fingerprint density at radius 1 is 1.37 bits per heavy atom. The van der Waals surface area contributed by atoms with Crippen molar-refractivity contribution in [3.8, 4) is 0 Å². The van der Waals surface area contributed by atoms with Crippen LogP contribution in [0.2, 0.25) is 0 Å². The number of nitrogens with zero attached hydrogens (tertiary/aromatic N) is 3. The van der Waals surface area contributed by atoms with E-state index in [1.807, 2.05) is 0 Å². The first-order chi connectivity index (χ1) is 12.8. The molecule has 0 bridgehead atoms. The van der Waals surface area contributed by atoms with Gasteiger partial charge in [-0.15, -0.1) is 0 Å². The molecule has 27 heavy (non-hydrogen) atoms. The predicted molar refractivity (Wildman–Crippen MR) is 105 cm³/mol. The van der Waals surface area contributed by atoms with Gasteiger partial charge in [0.05, 0.1) is 11.4 Å². The third-order valence-corrected chi connectivity index (χ3v) is 5.65. The number of aliphatic hydroxyl groups is 1. The lowest BCUT2D eigenvalue weighted by Gasteiger charge is -2.28. The summed E-state index contributed by atoms with van der Waals surface area (Å²) in [6.45, 7) is 6.16. The van der Waals surface area contributed by atoms with E-state index in [0.717, 1.165) is 25.9 Å². The molecule has 7 nitrogen and oxygen atoms in total. The van der Waals surface area contributed by atoms with Gasteiger partial charge in [0.25, 0.3) is 11.8 Å². The number of hydrazone groups is 1. The minimum absolute atomic E-state index is 0.158. The molecule has 1 unspecified atom stereocenters. The number of hydrogen-bond donors (Lipinski definition) is 2. The second-order valence-electron chi connectivity index (χ2n) is 7.52. The molecule has 0 saturated carbocycles. The molecule has 1 aromatic rings. The summed E-state index contributed by atoms with van der Waals surface area (Å²) in [5.74, 6) is -0.138. The summed E-state index contributed by atoms with van der Waals surface area (Å²) in [5, 5.41) is 18.9. The van der Waals surface area contributed by atoms with Crippen LogP contribution in [-0.2, 0) is 4.79 Å². The van der Waals surface area contributed by atoms with Crippen molar-refractivity contribution in [2.45, 2.75) is 38.7 Å². The van der Waals surface area contributed by atoms with Crippen LogP contribution >= 0.6 is 0 Å². The molecule has 2 aliphatic heterocycles. The number of likely N-dealkylation sites (tertiary alicyclic amines) is 1. The van der Waals surface area contributed by atoms with Crippen LogP contribution in [0.15, 0.2) is 29.4 Å². The summed E-state index contributed by atoms with van der Waals surface area (Å²) in [6.07, 6.45) is 2.43. The van der Waals surface area contributed by atoms with Crippen molar-refractivity contribution in [2.24, 2.45) is 11.0 Å². The fourth-order valence-corrected chi connectivity index (χ4v) is 3.57. The number of carbonyl (C=O) groups excluding carboxylic acids is 2. The lowest BCUT2D eigenvalue weighted by Crippen LogP contribution is -2.45. The lowest BCUT2D eigenvalue weighted by atomic mass is 9.95. The van der Waals surface area contributed by atoms with Crippen LogP contribution in [-0.4, -0.2) is 59.8 Å². The van der Waals surface area contributed by atoms with Crippen LogP contribution < -0.4 is 10.3 Å². The van der Waals surface area contributed by atoms with Crippen molar-refractivity contribution >= 4 is 23.2 Å². The Kier molecular flexibility index (Phi) is 5.62. The van der Waals surface area contributed by atoms with Gasteiger partial charge < -0.3 is 15.3 Å². The molecule has 0 aromatic heterocycles. The number of amides is 2. The summed E-state index contributed by atoms with van der Waals surface area (Å²) in [5.41, 5.74) is -0.234. The molecule has 3 rings (SSSR count). The maximum atomic E-state index is 12.6.